The highest BCUT2D eigenvalue weighted by atomic mass is 35.5. The van der Waals surface area contributed by atoms with Crippen molar-refractivity contribution in [1.82, 2.24) is 0 Å². The first-order valence-electron chi connectivity index (χ1n) is 9.75. The highest BCUT2D eigenvalue weighted by molar-refractivity contribution is 6.33. The lowest BCUT2D eigenvalue weighted by Crippen LogP contribution is -2.10. The maximum Gasteiger partial charge on any atom is 0.345 e. The number of hydrogen-bond acceptors (Lipinski definition) is 5. The van der Waals surface area contributed by atoms with Gasteiger partial charge in [0.05, 0.1) is 22.8 Å². The van der Waals surface area contributed by atoms with Crippen molar-refractivity contribution in [2.45, 2.75) is 13.8 Å². The number of carbonyl (C=O) groups excluding carboxylic acids is 2. The number of Topliss-reactive ketones (excluding diaryl/α,β-unsaturated/α-hetero) is 1. The molecular formula is C25H19ClO5. The highest BCUT2D eigenvalue weighted by Crippen LogP contribution is 2.39. The summed E-state index contributed by atoms with van der Waals surface area (Å²) < 4.78 is 16.8. The molecule has 0 N–H and O–H groups in total. The van der Waals surface area contributed by atoms with Crippen LogP contribution >= 0.6 is 11.6 Å². The standard InChI is InChI=1S/C25H19ClO5/c1-3-29-17-10-8-16(9-11-17)14-22-23(27)19-12-13-21(15(2)24(19)30-22)31-25(28)18-6-4-5-7-20(18)26/h4-14H,3H2,1-2H3/b22-14-. The molecule has 6 heteroatoms. The summed E-state index contributed by atoms with van der Waals surface area (Å²) in [6.07, 6.45) is 1.67. The molecule has 31 heavy (non-hydrogen) atoms. The smallest absolute Gasteiger partial charge is 0.345 e. The summed E-state index contributed by atoms with van der Waals surface area (Å²) >= 11 is 6.08. The number of fused-ring (bicyclic) bond motifs is 1. The molecule has 5 nitrogen and oxygen atoms in total. The summed E-state index contributed by atoms with van der Waals surface area (Å²) in [6.45, 7) is 4.24. The van der Waals surface area contributed by atoms with Crippen LogP contribution in [0.15, 0.2) is 66.4 Å². The van der Waals surface area contributed by atoms with Gasteiger partial charge in [0.15, 0.2) is 5.76 Å². The Kier molecular flexibility index (Phi) is 5.78. The van der Waals surface area contributed by atoms with Gasteiger partial charge in [0.1, 0.15) is 17.2 Å². The number of halogens is 1. The zero-order valence-corrected chi connectivity index (χ0v) is 17.7. The van der Waals surface area contributed by atoms with Gasteiger partial charge in [0.2, 0.25) is 5.78 Å². The summed E-state index contributed by atoms with van der Waals surface area (Å²) in [7, 11) is 0. The quantitative estimate of drug-likeness (QED) is 0.285. The first-order valence-corrected chi connectivity index (χ1v) is 10.1. The van der Waals surface area contributed by atoms with Crippen LogP contribution in [0, 0.1) is 6.92 Å². The molecule has 0 aromatic heterocycles. The predicted octanol–water partition coefficient (Wildman–Crippen LogP) is 5.88. The van der Waals surface area contributed by atoms with Crippen LogP contribution in [0.25, 0.3) is 6.08 Å². The molecule has 156 valence electrons. The van der Waals surface area contributed by atoms with Crippen LogP contribution in [-0.2, 0) is 0 Å². The van der Waals surface area contributed by atoms with Gasteiger partial charge in [-0.1, -0.05) is 35.9 Å². The topological polar surface area (TPSA) is 61.8 Å². The first-order chi connectivity index (χ1) is 15.0. The van der Waals surface area contributed by atoms with Gasteiger partial charge >= 0.3 is 5.97 Å². The molecular weight excluding hydrogens is 416 g/mol. The molecule has 0 unspecified atom stereocenters. The van der Waals surface area contributed by atoms with Crippen LogP contribution in [0.1, 0.15) is 38.8 Å². The molecule has 1 heterocycles. The molecule has 0 aliphatic carbocycles. The van der Waals surface area contributed by atoms with Crippen LogP contribution in [0.5, 0.6) is 17.2 Å². The van der Waals surface area contributed by atoms with Gasteiger partial charge in [-0.15, -0.1) is 0 Å². The summed E-state index contributed by atoms with van der Waals surface area (Å²) in [5, 5.41) is 0.304. The second kappa shape index (κ2) is 8.66. The van der Waals surface area contributed by atoms with Crippen molar-refractivity contribution in [2.24, 2.45) is 0 Å². The summed E-state index contributed by atoms with van der Waals surface area (Å²) in [6, 6.07) is 17.2. The molecule has 0 bridgehead atoms. The van der Waals surface area contributed by atoms with Crippen molar-refractivity contribution in [2.75, 3.05) is 6.61 Å². The summed E-state index contributed by atoms with van der Waals surface area (Å²) in [4.78, 5) is 25.3. The fourth-order valence-electron chi connectivity index (χ4n) is 3.24. The van der Waals surface area contributed by atoms with E-state index >= 15 is 0 Å². The molecule has 0 saturated carbocycles. The van der Waals surface area contributed by atoms with E-state index in [1.54, 1.807) is 49.4 Å². The predicted molar refractivity (Wildman–Crippen MR) is 118 cm³/mol. The van der Waals surface area contributed by atoms with Crippen LogP contribution in [-0.4, -0.2) is 18.4 Å². The zero-order valence-electron chi connectivity index (χ0n) is 17.0. The van der Waals surface area contributed by atoms with E-state index in [0.29, 0.717) is 34.3 Å². The highest BCUT2D eigenvalue weighted by Gasteiger charge is 2.30. The van der Waals surface area contributed by atoms with Crippen LogP contribution in [0.4, 0.5) is 0 Å². The fraction of sp³-hybridized carbons (Fsp3) is 0.120. The molecule has 0 spiro atoms. The lowest BCUT2D eigenvalue weighted by molar-refractivity contribution is 0.0733. The zero-order chi connectivity index (χ0) is 22.0. The van der Waals surface area contributed by atoms with E-state index in [1.807, 2.05) is 31.2 Å². The number of esters is 1. The number of hydrogen-bond donors (Lipinski definition) is 0. The van der Waals surface area contributed by atoms with E-state index in [9.17, 15) is 9.59 Å². The molecule has 4 rings (SSSR count). The Morgan fingerprint density at radius 1 is 1.06 bits per heavy atom. The summed E-state index contributed by atoms with van der Waals surface area (Å²) in [5.41, 5.74) is 2.05. The van der Waals surface area contributed by atoms with Crippen molar-refractivity contribution in [1.29, 1.82) is 0 Å². The summed E-state index contributed by atoms with van der Waals surface area (Å²) in [5.74, 6) is 0.841. The normalized spacial score (nSPS) is 13.6. The van der Waals surface area contributed by atoms with Gasteiger partial charge in [-0.25, -0.2) is 4.79 Å². The van der Waals surface area contributed by atoms with Gasteiger partial charge in [-0.05, 0) is 61.9 Å². The average Bonchev–Trinajstić information content (AvgIpc) is 3.08. The maximum atomic E-state index is 12.8. The van der Waals surface area contributed by atoms with Crippen molar-refractivity contribution in [3.8, 4) is 17.2 Å². The lowest BCUT2D eigenvalue weighted by Gasteiger charge is -2.10. The molecule has 0 radical (unpaired) electrons. The molecule has 0 fully saturated rings. The molecule has 1 aliphatic rings. The van der Waals surface area contributed by atoms with E-state index in [-0.39, 0.29) is 17.1 Å². The van der Waals surface area contributed by atoms with Gasteiger partial charge in [-0.2, -0.15) is 0 Å². The van der Waals surface area contributed by atoms with Gasteiger partial charge in [-0.3, -0.25) is 4.79 Å². The van der Waals surface area contributed by atoms with Crippen LogP contribution in [0.3, 0.4) is 0 Å². The van der Waals surface area contributed by atoms with Gasteiger partial charge in [0.25, 0.3) is 0 Å². The third-order valence-corrected chi connectivity index (χ3v) is 5.15. The van der Waals surface area contributed by atoms with E-state index in [4.69, 9.17) is 25.8 Å². The Bertz CT molecular complexity index is 1200. The number of ether oxygens (including phenoxy) is 3. The molecule has 0 amide bonds. The Balaban J connectivity index is 1.58. The largest absolute Gasteiger partial charge is 0.494 e. The van der Waals surface area contributed by atoms with Crippen molar-refractivity contribution in [3.63, 3.8) is 0 Å². The van der Waals surface area contributed by atoms with Crippen LogP contribution in [0.2, 0.25) is 5.02 Å². The first kappa shape index (κ1) is 20.7. The van der Waals surface area contributed by atoms with E-state index in [2.05, 4.69) is 0 Å². The van der Waals surface area contributed by atoms with Gasteiger partial charge < -0.3 is 14.2 Å². The molecule has 1 aliphatic heterocycles. The minimum absolute atomic E-state index is 0.205. The monoisotopic (exact) mass is 434 g/mol. The molecule has 3 aromatic rings. The fourth-order valence-corrected chi connectivity index (χ4v) is 3.45. The Morgan fingerprint density at radius 2 is 1.81 bits per heavy atom. The Morgan fingerprint density at radius 3 is 2.52 bits per heavy atom. The Hall–Kier alpha value is -3.57. The van der Waals surface area contributed by atoms with Crippen molar-refractivity contribution in [3.05, 3.63) is 93.7 Å². The van der Waals surface area contributed by atoms with Crippen molar-refractivity contribution >= 4 is 29.4 Å². The third kappa shape index (κ3) is 4.18. The molecule has 3 aromatic carbocycles. The number of ketones is 1. The maximum absolute atomic E-state index is 12.8. The molecule has 0 saturated heterocycles. The average molecular weight is 435 g/mol. The van der Waals surface area contributed by atoms with Crippen LogP contribution < -0.4 is 14.2 Å². The number of benzene rings is 3. The minimum Gasteiger partial charge on any atom is -0.494 e. The van der Waals surface area contributed by atoms with E-state index in [0.717, 1.165) is 11.3 Å². The number of carbonyl (C=O) groups is 2. The second-order valence-electron chi connectivity index (χ2n) is 6.88. The molecule has 0 atom stereocenters. The van der Waals surface area contributed by atoms with Crippen molar-refractivity contribution < 1.29 is 23.8 Å². The number of rotatable bonds is 5. The lowest BCUT2D eigenvalue weighted by atomic mass is 10.1. The SMILES string of the molecule is CCOc1ccc(/C=C2\Oc3c(ccc(OC(=O)c4ccccc4Cl)c3C)C2=O)cc1. The Labute approximate surface area is 184 Å². The second-order valence-corrected chi connectivity index (χ2v) is 7.28. The van der Waals surface area contributed by atoms with Gasteiger partial charge in [0, 0.05) is 5.56 Å². The third-order valence-electron chi connectivity index (χ3n) is 4.82. The van der Waals surface area contributed by atoms with E-state index < -0.39 is 5.97 Å². The minimum atomic E-state index is -0.580. The number of allylic oxidation sites excluding steroid dienone is 1. The van der Waals surface area contributed by atoms with E-state index in [1.165, 1.54) is 0 Å².